The molecule has 0 bridgehead atoms. The summed E-state index contributed by atoms with van der Waals surface area (Å²) in [5.41, 5.74) is 21.1. The standard InChI is InChI=1S/C54H33N7O.C54H34N6O/c1-4-16-34(17-5-1)49-55-50(35-18-6-2-7-19-35)58-53(57-49)42-25-15-29-46-47(42)41-24-14-26-43(48(41)62-46)54-59-51(36-20-8-3-9-21-36)56-52(60-54)37-30-32-38(33-31-37)61-44-27-12-10-22-39(44)40-23-11-13-28-45(40)61;1-5-16-36(17-6-1)49-55-50(37-18-7-2-8-19-37)57-53(56-49)40-32-30-35(31-33-40)41-24-13-25-42(34-41)43-26-14-27-44-47-45(28-15-29-46(47)61-48(43)44)54-59-51(38-20-9-3-10-21-38)58-52(60-54)39-22-11-4-12-23-39/h1-33H;1-34H. The number of nitrogens with zero attached hydrogens (tertiary/aromatic N) is 13. The minimum Gasteiger partial charge on any atom is -0.455 e. The molecule has 576 valence electrons. The molecule has 23 aromatic rings. The van der Waals surface area contributed by atoms with Crippen LogP contribution in [0.1, 0.15) is 0 Å². The van der Waals surface area contributed by atoms with Crippen LogP contribution in [-0.2, 0) is 0 Å². The summed E-state index contributed by atoms with van der Waals surface area (Å²) < 4.78 is 15.8. The van der Waals surface area contributed by atoms with Crippen molar-refractivity contribution in [3.63, 3.8) is 0 Å². The van der Waals surface area contributed by atoms with E-state index in [0.29, 0.717) is 81.1 Å². The molecule has 0 amide bonds. The third-order valence-electron chi connectivity index (χ3n) is 22.1. The molecule has 0 spiro atoms. The lowest BCUT2D eigenvalue weighted by Gasteiger charge is -2.11. The van der Waals surface area contributed by atoms with Crippen LogP contribution in [0.15, 0.2) is 415 Å². The van der Waals surface area contributed by atoms with Crippen LogP contribution >= 0.6 is 0 Å². The average Bonchev–Trinajstić information content (AvgIpc) is 1.61. The fourth-order valence-corrected chi connectivity index (χ4v) is 16.2. The van der Waals surface area contributed by atoms with Gasteiger partial charge < -0.3 is 13.4 Å². The number of fused-ring (bicyclic) bond motifs is 9. The van der Waals surface area contributed by atoms with Gasteiger partial charge in [-0.2, -0.15) is 0 Å². The predicted molar refractivity (Wildman–Crippen MR) is 491 cm³/mol. The molecule has 0 N–H and O–H groups in total. The topological polar surface area (TPSA) is 186 Å². The first-order valence-electron chi connectivity index (χ1n) is 40.6. The highest BCUT2D eigenvalue weighted by molar-refractivity contribution is 6.16. The number of benzene rings is 16. The van der Waals surface area contributed by atoms with Crippen molar-refractivity contribution in [1.29, 1.82) is 0 Å². The molecule has 0 atom stereocenters. The van der Waals surface area contributed by atoms with Gasteiger partial charge in [0.15, 0.2) is 69.9 Å². The highest BCUT2D eigenvalue weighted by Gasteiger charge is 2.25. The van der Waals surface area contributed by atoms with Crippen LogP contribution in [0.4, 0.5) is 0 Å². The van der Waals surface area contributed by atoms with Gasteiger partial charge >= 0.3 is 0 Å². The van der Waals surface area contributed by atoms with Crippen LogP contribution in [0.3, 0.4) is 0 Å². The summed E-state index contributed by atoms with van der Waals surface area (Å²) in [4.78, 5) is 60.1. The van der Waals surface area contributed by atoms with E-state index in [0.717, 1.165) is 138 Å². The number of rotatable bonds is 15. The first kappa shape index (κ1) is 72.4. The van der Waals surface area contributed by atoms with Crippen molar-refractivity contribution in [3.05, 3.63) is 406 Å². The maximum absolute atomic E-state index is 6.77. The molecule has 0 aliphatic heterocycles. The molecule has 123 heavy (non-hydrogen) atoms. The van der Waals surface area contributed by atoms with Crippen LogP contribution in [0, 0.1) is 0 Å². The number of hydrogen-bond acceptors (Lipinski definition) is 14. The summed E-state index contributed by atoms with van der Waals surface area (Å²) in [6, 6.07) is 137. The van der Waals surface area contributed by atoms with E-state index in [4.69, 9.17) is 68.6 Å². The normalized spacial score (nSPS) is 11.4. The Kier molecular flexibility index (Phi) is 18.5. The summed E-state index contributed by atoms with van der Waals surface area (Å²) in [6.07, 6.45) is 0. The Hall–Kier alpha value is -17.0. The van der Waals surface area contributed by atoms with Gasteiger partial charge in [0.05, 0.1) is 16.6 Å². The van der Waals surface area contributed by atoms with Crippen LogP contribution < -0.4 is 0 Å². The Balaban J connectivity index is 0.000000147. The predicted octanol–water partition coefficient (Wildman–Crippen LogP) is 26.3. The molecule has 0 aliphatic rings. The van der Waals surface area contributed by atoms with Crippen LogP contribution in [-0.4, -0.2) is 64.4 Å². The molecule has 0 saturated heterocycles. The highest BCUT2D eigenvalue weighted by atomic mass is 16.3. The Labute approximate surface area is 705 Å². The van der Waals surface area contributed by atoms with E-state index in [1.807, 2.05) is 255 Å². The maximum atomic E-state index is 6.77. The molecule has 0 radical (unpaired) electrons. The molecule has 7 aromatic heterocycles. The van der Waals surface area contributed by atoms with E-state index in [2.05, 4.69) is 156 Å². The van der Waals surface area contributed by atoms with Gasteiger partial charge in [0.25, 0.3) is 0 Å². The van der Waals surface area contributed by atoms with Gasteiger partial charge in [-0.25, -0.2) is 59.8 Å². The van der Waals surface area contributed by atoms with Crippen molar-refractivity contribution in [3.8, 4) is 165 Å². The Morgan fingerprint density at radius 2 is 0.407 bits per heavy atom. The van der Waals surface area contributed by atoms with Crippen LogP contribution in [0.25, 0.3) is 230 Å². The second kappa shape index (κ2) is 31.4. The lowest BCUT2D eigenvalue weighted by molar-refractivity contribution is 0.669. The summed E-state index contributed by atoms with van der Waals surface area (Å²) in [5.74, 6) is 7.06. The Morgan fingerprint density at radius 1 is 0.163 bits per heavy atom. The van der Waals surface area contributed by atoms with E-state index in [9.17, 15) is 0 Å². The quantitative estimate of drug-likeness (QED) is 0.0943. The largest absolute Gasteiger partial charge is 0.455 e. The molecule has 15 nitrogen and oxygen atoms in total. The number of hydrogen-bond donors (Lipinski definition) is 0. The first-order chi connectivity index (χ1) is 60.9. The van der Waals surface area contributed by atoms with Gasteiger partial charge in [0, 0.05) is 105 Å². The fourth-order valence-electron chi connectivity index (χ4n) is 16.2. The zero-order valence-corrected chi connectivity index (χ0v) is 65.8. The minimum absolute atomic E-state index is 0.504. The van der Waals surface area contributed by atoms with Crippen LogP contribution in [0.5, 0.6) is 0 Å². The third-order valence-corrected chi connectivity index (χ3v) is 22.1. The van der Waals surface area contributed by atoms with E-state index in [-0.39, 0.29) is 0 Å². The molecular weight excluding hydrogens is 1510 g/mol. The highest BCUT2D eigenvalue weighted by Crippen LogP contribution is 2.45. The second-order valence-electron chi connectivity index (χ2n) is 29.8. The van der Waals surface area contributed by atoms with Crippen molar-refractivity contribution >= 4 is 65.7 Å². The van der Waals surface area contributed by atoms with Gasteiger partial charge in [0.2, 0.25) is 0 Å². The third kappa shape index (κ3) is 13.9. The maximum Gasteiger partial charge on any atom is 0.167 e. The molecule has 16 aromatic carbocycles. The molecule has 0 aliphatic carbocycles. The minimum atomic E-state index is 0.504. The molecule has 15 heteroatoms. The lowest BCUT2D eigenvalue weighted by Crippen LogP contribution is -2.01. The molecule has 0 unspecified atom stereocenters. The van der Waals surface area contributed by atoms with Crippen LogP contribution in [0.2, 0.25) is 0 Å². The van der Waals surface area contributed by atoms with Gasteiger partial charge in [-0.1, -0.05) is 346 Å². The fraction of sp³-hybridized carbons (Fsp3) is 0. The second-order valence-corrected chi connectivity index (χ2v) is 29.8. The van der Waals surface area contributed by atoms with Crippen molar-refractivity contribution in [1.82, 2.24) is 64.4 Å². The summed E-state index contributed by atoms with van der Waals surface area (Å²) in [7, 11) is 0. The Morgan fingerprint density at radius 3 is 0.772 bits per heavy atom. The zero-order chi connectivity index (χ0) is 81.5. The monoisotopic (exact) mass is 1580 g/mol. The van der Waals surface area contributed by atoms with Gasteiger partial charge in [-0.05, 0) is 77.4 Å². The molecule has 23 rings (SSSR count). The Bertz CT molecular complexity index is 7670. The summed E-state index contributed by atoms with van der Waals surface area (Å²) in [6.45, 7) is 0. The first-order valence-corrected chi connectivity index (χ1v) is 40.6. The molecule has 0 fully saturated rings. The smallest absolute Gasteiger partial charge is 0.167 e. The van der Waals surface area contributed by atoms with E-state index < -0.39 is 0 Å². The number of aromatic nitrogens is 13. The summed E-state index contributed by atoms with van der Waals surface area (Å²) in [5, 5.41) is 6.18. The van der Waals surface area contributed by atoms with E-state index in [1.165, 1.54) is 10.8 Å². The average molecular weight is 1580 g/mol. The lowest BCUT2D eigenvalue weighted by atomic mass is 9.96. The van der Waals surface area contributed by atoms with Crippen molar-refractivity contribution in [2.45, 2.75) is 0 Å². The van der Waals surface area contributed by atoms with Crippen molar-refractivity contribution in [2.24, 2.45) is 0 Å². The molecular formula is C108H67N13O2. The number of furan rings is 2. The van der Waals surface area contributed by atoms with Gasteiger partial charge in [0.1, 0.15) is 22.3 Å². The van der Waals surface area contributed by atoms with E-state index in [1.54, 1.807) is 0 Å². The zero-order valence-electron chi connectivity index (χ0n) is 65.8. The van der Waals surface area contributed by atoms with Crippen molar-refractivity contribution in [2.75, 3.05) is 0 Å². The van der Waals surface area contributed by atoms with E-state index >= 15 is 0 Å². The van der Waals surface area contributed by atoms with Gasteiger partial charge in [-0.15, -0.1) is 0 Å². The molecule has 0 saturated carbocycles. The summed E-state index contributed by atoms with van der Waals surface area (Å²) >= 11 is 0. The SMILES string of the molecule is c1ccc(-c2nc(-c3ccc(-n4c5ccccc5c5ccccc54)cc3)nc(-c3cccc4c3oc3cccc(-c5nc(-c6ccccc6)nc(-c6ccccc6)n5)c34)n2)cc1.c1ccc(-c2nc(-c3ccccc3)nc(-c3ccc(-c4cccc(-c5cccc6c5oc5cccc(-c7nc(-c8ccccc8)nc(-c8ccccc8)n7)c56)c4)cc3)n2)cc1. The number of para-hydroxylation sites is 4. The molecule has 7 heterocycles. The van der Waals surface area contributed by atoms with Crippen molar-refractivity contribution < 1.29 is 8.83 Å². The van der Waals surface area contributed by atoms with Gasteiger partial charge in [-0.3, -0.25) is 0 Å².